The van der Waals surface area contributed by atoms with Gasteiger partial charge in [-0.2, -0.15) is 13.0 Å². The lowest BCUT2D eigenvalue weighted by Crippen LogP contribution is -2.28. The van der Waals surface area contributed by atoms with Gasteiger partial charge in [0.1, 0.15) is 6.54 Å². The largest absolute Gasteiger partial charge is 0.462 e. The van der Waals surface area contributed by atoms with Gasteiger partial charge in [0.25, 0.3) is 10.1 Å². The third-order valence-corrected chi connectivity index (χ3v) is 5.51. The van der Waals surface area contributed by atoms with Gasteiger partial charge in [-0.3, -0.25) is 4.55 Å². The standard InChI is InChI=1S/C18H25NO5S/c1-5-11-24-17(20)14-8-6-9-15-16(14)18(3,4)13(2)19(15)10-7-12-25(21,22)23/h6,8-9H,5,7,10-12H2,1-4H3/p+1. The number of rotatable bonds is 7. The Kier molecular flexibility index (Phi) is 5.68. The van der Waals surface area contributed by atoms with E-state index in [-0.39, 0.29) is 17.1 Å². The van der Waals surface area contributed by atoms with Crippen LogP contribution in [-0.4, -0.2) is 48.1 Å². The van der Waals surface area contributed by atoms with Gasteiger partial charge in [0.2, 0.25) is 5.69 Å². The zero-order valence-corrected chi connectivity index (χ0v) is 16.0. The van der Waals surface area contributed by atoms with Crippen LogP contribution < -0.4 is 0 Å². The fourth-order valence-electron chi connectivity index (χ4n) is 3.26. The van der Waals surface area contributed by atoms with Crippen molar-refractivity contribution in [3.8, 4) is 0 Å². The maximum atomic E-state index is 12.4. The van der Waals surface area contributed by atoms with E-state index in [2.05, 4.69) is 0 Å². The number of nitrogens with zero attached hydrogens (tertiary/aromatic N) is 1. The Morgan fingerprint density at radius 3 is 2.60 bits per heavy atom. The normalized spacial score (nSPS) is 16.0. The van der Waals surface area contributed by atoms with Crippen LogP contribution in [0.15, 0.2) is 18.2 Å². The van der Waals surface area contributed by atoms with Gasteiger partial charge in [-0.25, -0.2) is 4.79 Å². The topological polar surface area (TPSA) is 83.7 Å². The number of carbonyl (C=O) groups excluding carboxylic acids is 1. The summed E-state index contributed by atoms with van der Waals surface area (Å²) in [7, 11) is -3.98. The lowest BCUT2D eigenvalue weighted by molar-refractivity contribution is -0.438. The van der Waals surface area contributed by atoms with Crippen molar-refractivity contribution in [3.63, 3.8) is 0 Å². The van der Waals surface area contributed by atoms with Gasteiger partial charge in [-0.05, 0) is 26.3 Å². The Morgan fingerprint density at radius 2 is 2.00 bits per heavy atom. The molecule has 1 aliphatic rings. The summed E-state index contributed by atoms with van der Waals surface area (Å²) in [5.74, 6) is -0.621. The van der Waals surface area contributed by atoms with Crippen LogP contribution in [0.1, 0.15) is 56.5 Å². The molecule has 0 unspecified atom stereocenters. The molecule has 1 aliphatic heterocycles. The monoisotopic (exact) mass is 368 g/mol. The molecule has 0 atom stereocenters. The van der Waals surface area contributed by atoms with Crippen LogP contribution in [0.4, 0.5) is 5.69 Å². The van der Waals surface area contributed by atoms with Gasteiger partial charge in [0, 0.05) is 19.4 Å². The van der Waals surface area contributed by atoms with Crippen molar-refractivity contribution < 1.29 is 27.1 Å². The zero-order valence-electron chi connectivity index (χ0n) is 15.2. The molecule has 0 saturated heterocycles. The molecule has 6 nitrogen and oxygen atoms in total. The average molecular weight is 368 g/mol. The van der Waals surface area contributed by atoms with E-state index in [1.807, 2.05) is 44.4 Å². The van der Waals surface area contributed by atoms with E-state index >= 15 is 0 Å². The molecule has 1 heterocycles. The number of benzene rings is 1. The first-order valence-electron chi connectivity index (χ1n) is 8.47. The fourth-order valence-corrected chi connectivity index (χ4v) is 3.75. The summed E-state index contributed by atoms with van der Waals surface area (Å²) in [6, 6.07) is 5.51. The number of hydrogen-bond acceptors (Lipinski definition) is 4. The highest BCUT2D eigenvalue weighted by Gasteiger charge is 2.45. The minimum absolute atomic E-state index is 0.287. The molecule has 0 radical (unpaired) electrons. The van der Waals surface area contributed by atoms with Gasteiger partial charge in [-0.15, -0.1) is 0 Å². The highest BCUT2D eigenvalue weighted by atomic mass is 32.2. The molecule has 0 spiro atoms. The highest BCUT2D eigenvalue weighted by molar-refractivity contribution is 7.85. The smallest absolute Gasteiger partial charge is 0.338 e. The van der Waals surface area contributed by atoms with Crippen LogP contribution in [0.2, 0.25) is 0 Å². The quantitative estimate of drug-likeness (QED) is 0.454. The van der Waals surface area contributed by atoms with Gasteiger partial charge in [0.15, 0.2) is 5.71 Å². The number of ether oxygens (including phenoxy) is 1. The molecule has 0 aromatic heterocycles. The maximum absolute atomic E-state index is 12.4. The molecule has 7 heteroatoms. The maximum Gasteiger partial charge on any atom is 0.338 e. The van der Waals surface area contributed by atoms with E-state index < -0.39 is 10.1 Å². The molecular weight excluding hydrogens is 342 g/mol. The van der Waals surface area contributed by atoms with Crippen molar-refractivity contribution in [1.29, 1.82) is 0 Å². The number of carbonyl (C=O) groups is 1. The Morgan fingerprint density at radius 1 is 1.32 bits per heavy atom. The minimum atomic E-state index is -3.98. The molecule has 1 aromatic carbocycles. The molecule has 1 N–H and O–H groups in total. The van der Waals surface area contributed by atoms with Crippen molar-refractivity contribution in [2.45, 2.75) is 46.0 Å². The molecule has 138 valence electrons. The molecule has 0 amide bonds. The number of hydrogen-bond donors (Lipinski definition) is 1. The molecular formula is C18H26NO5S+. The van der Waals surface area contributed by atoms with Crippen LogP contribution in [0, 0.1) is 0 Å². The summed E-state index contributed by atoms with van der Waals surface area (Å²) < 4.78 is 38.2. The lowest BCUT2D eigenvalue weighted by atomic mass is 9.79. The second kappa shape index (κ2) is 7.25. The van der Waals surface area contributed by atoms with Crippen LogP contribution in [0.3, 0.4) is 0 Å². The summed E-state index contributed by atoms with van der Waals surface area (Å²) in [5, 5.41) is 0. The number of fused-ring (bicyclic) bond motifs is 1. The van der Waals surface area contributed by atoms with Crippen molar-refractivity contribution >= 4 is 27.5 Å². The molecule has 1 aromatic rings. The SMILES string of the molecule is CCCOC(=O)c1cccc2c1C(C)(C)C(C)=[N+]2CCCS(=O)(=O)O. The second-order valence-corrected chi connectivity index (χ2v) is 8.41. The summed E-state index contributed by atoms with van der Waals surface area (Å²) >= 11 is 0. The van der Waals surface area contributed by atoms with Gasteiger partial charge in [0.05, 0.1) is 28.9 Å². The van der Waals surface area contributed by atoms with E-state index in [1.165, 1.54) is 0 Å². The summed E-state index contributed by atoms with van der Waals surface area (Å²) in [4.78, 5) is 12.4. The Balaban J connectivity index is 2.38. The van der Waals surface area contributed by atoms with E-state index in [4.69, 9.17) is 9.29 Å². The molecule has 25 heavy (non-hydrogen) atoms. The molecule has 0 fully saturated rings. The van der Waals surface area contributed by atoms with Crippen LogP contribution in [0.25, 0.3) is 0 Å². The van der Waals surface area contributed by atoms with Crippen LogP contribution in [0.5, 0.6) is 0 Å². The zero-order chi connectivity index (χ0) is 18.8. The third kappa shape index (κ3) is 4.10. The molecule has 2 rings (SSSR count). The Hall–Kier alpha value is -1.73. The average Bonchev–Trinajstić information content (AvgIpc) is 2.72. The van der Waals surface area contributed by atoms with Crippen molar-refractivity contribution in [2.75, 3.05) is 18.9 Å². The number of esters is 1. The fraction of sp³-hybridized carbons (Fsp3) is 0.556. The second-order valence-electron chi connectivity index (χ2n) is 6.84. The predicted molar refractivity (Wildman–Crippen MR) is 96.5 cm³/mol. The highest BCUT2D eigenvalue weighted by Crippen LogP contribution is 2.41. The van der Waals surface area contributed by atoms with Gasteiger partial charge in [-0.1, -0.05) is 13.0 Å². The summed E-state index contributed by atoms with van der Waals surface area (Å²) in [5.41, 5.74) is 3.01. The van der Waals surface area contributed by atoms with Gasteiger partial charge >= 0.3 is 5.97 Å². The summed E-state index contributed by atoms with van der Waals surface area (Å²) in [6.07, 6.45) is 1.06. The third-order valence-electron chi connectivity index (χ3n) is 4.71. The molecule has 0 bridgehead atoms. The van der Waals surface area contributed by atoms with Crippen molar-refractivity contribution in [1.82, 2.24) is 0 Å². The van der Waals surface area contributed by atoms with Crippen molar-refractivity contribution in [2.24, 2.45) is 0 Å². The summed E-state index contributed by atoms with van der Waals surface area (Å²) in [6.45, 7) is 8.84. The lowest BCUT2D eigenvalue weighted by Gasteiger charge is -2.18. The minimum Gasteiger partial charge on any atom is -0.462 e. The van der Waals surface area contributed by atoms with E-state index in [0.717, 1.165) is 23.4 Å². The Bertz CT molecular complexity index is 809. The predicted octanol–water partition coefficient (Wildman–Crippen LogP) is 2.93. The first-order valence-corrected chi connectivity index (χ1v) is 10.1. The van der Waals surface area contributed by atoms with Crippen LogP contribution >= 0.6 is 0 Å². The van der Waals surface area contributed by atoms with E-state index in [0.29, 0.717) is 25.1 Å². The Labute approximate surface area is 149 Å². The van der Waals surface area contributed by atoms with Gasteiger partial charge < -0.3 is 4.74 Å². The van der Waals surface area contributed by atoms with Crippen molar-refractivity contribution in [3.05, 3.63) is 29.3 Å². The van der Waals surface area contributed by atoms with E-state index in [1.54, 1.807) is 6.07 Å². The first-order chi connectivity index (χ1) is 11.6. The van der Waals surface area contributed by atoms with Crippen LogP contribution in [-0.2, 0) is 20.3 Å². The molecule has 0 aliphatic carbocycles. The molecule has 0 saturated carbocycles. The first kappa shape index (κ1) is 19.6. The van der Waals surface area contributed by atoms with E-state index in [9.17, 15) is 13.2 Å².